The molecule has 0 unspecified atom stereocenters. The van der Waals surface area contributed by atoms with Crippen LogP contribution in [-0.2, 0) is 0 Å². The monoisotopic (exact) mass is 292 g/mol. The van der Waals surface area contributed by atoms with Crippen LogP contribution in [0.15, 0.2) is 10.7 Å². The van der Waals surface area contributed by atoms with Gasteiger partial charge >= 0.3 is 0 Å². The van der Waals surface area contributed by atoms with E-state index in [1.807, 2.05) is 20.8 Å². The summed E-state index contributed by atoms with van der Waals surface area (Å²) in [6.45, 7) is 7.36. The van der Waals surface area contributed by atoms with Crippen molar-refractivity contribution in [3.63, 3.8) is 0 Å². The summed E-state index contributed by atoms with van der Waals surface area (Å²) in [5.74, 6) is 0.245. The van der Waals surface area contributed by atoms with Gasteiger partial charge in [-0.1, -0.05) is 0 Å². The van der Waals surface area contributed by atoms with Gasteiger partial charge in [0.2, 0.25) is 0 Å². The first kappa shape index (κ1) is 13.4. The molecule has 0 bridgehead atoms. The molecule has 1 rings (SSSR count). The number of rotatable bonds is 2. The molecule has 0 saturated heterocycles. The predicted octanol–water partition coefficient (Wildman–Crippen LogP) is 4.30. The fraction of sp³-hybridized carbons (Fsp3) is 0.545. The van der Waals surface area contributed by atoms with E-state index in [2.05, 4.69) is 26.2 Å². The highest BCUT2D eigenvalue weighted by Gasteiger charge is 2.21. The molecule has 5 heteroatoms. The third-order valence-corrected chi connectivity index (χ3v) is 2.35. The van der Waals surface area contributed by atoms with Crippen LogP contribution >= 0.6 is 15.9 Å². The highest BCUT2D eigenvalue weighted by atomic mass is 79.9. The van der Waals surface area contributed by atoms with Gasteiger partial charge in [-0.2, -0.15) is 0 Å². The number of alkyl halides is 2. The molecule has 0 spiro atoms. The molecule has 0 aliphatic rings. The summed E-state index contributed by atoms with van der Waals surface area (Å²) < 4.78 is 26.4. The number of halogens is 3. The van der Waals surface area contributed by atoms with Gasteiger partial charge in [-0.15, -0.1) is 0 Å². The van der Waals surface area contributed by atoms with Crippen LogP contribution in [-0.4, -0.2) is 10.5 Å². The van der Waals surface area contributed by atoms with Crippen molar-refractivity contribution in [1.82, 2.24) is 4.98 Å². The third kappa shape index (κ3) is 3.40. The number of aryl methyl sites for hydroxylation is 1. The fourth-order valence-corrected chi connectivity index (χ4v) is 1.89. The highest BCUT2D eigenvalue weighted by molar-refractivity contribution is 9.10. The average Bonchev–Trinajstić information content (AvgIpc) is 1.96. The molecule has 0 saturated carbocycles. The Bertz CT molecular complexity index is 386. The Hall–Kier alpha value is -0.710. The number of aromatic nitrogens is 1. The van der Waals surface area contributed by atoms with Gasteiger partial charge < -0.3 is 5.32 Å². The molecule has 0 fully saturated rings. The Morgan fingerprint density at radius 3 is 2.38 bits per heavy atom. The lowest BCUT2D eigenvalue weighted by molar-refractivity contribution is 0.151. The first-order chi connectivity index (χ1) is 7.20. The minimum atomic E-state index is -2.52. The maximum atomic E-state index is 12.9. The van der Waals surface area contributed by atoms with Crippen molar-refractivity contribution in [1.29, 1.82) is 0 Å². The molecule has 0 atom stereocenters. The molecular weight excluding hydrogens is 278 g/mol. The van der Waals surface area contributed by atoms with Crippen molar-refractivity contribution in [2.45, 2.75) is 39.7 Å². The van der Waals surface area contributed by atoms with Crippen LogP contribution < -0.4 is 5.32 Å². The van der Waals surface area contributed by atoms with Gasteiger partial charge in [0.1, 0.15) is 10.4 Å². The van der Waals surface area contributed by atoms with Crippen LogP contribution in [0.4, 0.5) is 14.6 Å². The minimum Gasteiger partial charge on any atom is -0.365 e. The molecule has 0 amide bonds. The second kappa shape index (κ2) is 4.65. The molecule has 1 aromatic rings. The zero-order valence-corrected chi connectivity index (χ0v) is 11.3. The number of pyridine rings is 1. The van der Waals surface area contributed by atoms with Gasteiger partial charge in [-0.05, 0) is 55.3 Å². The normalized spacial score (nSPS) is 12.0. The van der Waals surface area contributed by atoms with Crippen molar-refractivity contribution in [3.8, 4) is 0 Å². The molecule has 0 radical (unpaired) electrons. The second-order valence-corrected chi connectivity index (χ2v) is 5.51. The fourth-order valence-electron chi connectivity index (χ4n) is 1.37. The Kier molecular flexibility index (Phi) is 3.88. The Morgan fingerprint density at radius 1 is 1.38 bits per heavy atom. The molecular formula is C11H15BrF2N2. The van der Waals surface area contributed by atoms with Gasteiger partial charge in [-0.3, -0.25) is 0 Å². The van der Waals surface area contributed by atoms with Crippen LogP contribution in [0.5, 0.6) is 0 Å². The summed E-state index contributed by atoms with van der Waals surface area (Å²) in [5.41, 5.74) is 0.200. The molecule has 1 aromatic heterocycles. The van der Waals surface area contributed by atoms with Gasteiger partial charge in [0.05, 0.1) is 5.56 Å². The first-order valence-corrected chi connectivity index (χ1v) is 5.73. The van der Waals surface area contributed by atoms with E-state index in [0.29, 0.717) is 10.2 Å². The summed E-state index contributed by atoms with van der Waals surface area (Å²) in [7, 11) is 0. The first-order valence-electron chi connectivity index (χ1n) is 4.94. The lowest BCUT2D eigenvalue weighted by atomic mass is 10.1. The van der Waals surface area contributed by atoms with Crippen molar-refractivity contribution >= 4 is 21.7 Å². The van der Waals surface area contributed by atoms with E-state index in [4.69, 9.17) is 0 Å². The summed E-state index contributed by atoms with van der Waals surface area (Å²) >= 11 is 3.21. The topological polar surface area (TPSA) is 24.9 Å². The van der Waals surface area contributed by atoms with Gasteiger partial charge in [-0.25, -0.2) is 13.8 Å². The van der Waals surface area contributed by atoms with Crippen LogP contribution in [0, 0.1) is 6.92 Å². The Labute approximate surface area is 103 Å². The van der Waals surface area contributed by atoms with Crippen molar-refractivity contribution in [2.75, 3.05) is 5.32 Å². The van der Waals surface area contributed by atoms with E-state index < -0.39 is 6.43 Å². The lowest BCUT2D eigenvalue weighted by Gasteiger charge is -2.24. The van der Waals surface area contributed by atoms with Gasteiger partial charge in [0.15, 0.2) is 0 Å². The highest BCUT2D eigenvalue weighted by Crippen LogP contribution is 2.32. The molecule has 2 nitrogen and oxygen atoms in total. The third-order valence-electron chi connectivity index (χ3n) is 1.95. The minimum absolute atomic E-state index is 0.0295. The molecule has 0 aliphatic carbocycles. The zero-order valence-electron chi connectivity index (χ0n) is 9.74. The van der Waals surface area contributed by atoms with Crippen LogP contribution in [0.3, 0.4) is 0 Å². The zero-order chi connectivity index (χ0) is 12.5. The van der Waals surface area contributed by atoms with E-state index in [9.17, 15) is 8.78 Å². The number of anilines is 1. The van der Waals surface area contributed by atoms with Crippen molar-refractivity contribution < 1.29 is 8.78 Å². The van der Waals surface area contributed by atoms with Crippen molar-refractivity contribution in [3.05, 3.63) is 21.8 Å². The van der Waals surface area contributed by atoms with Crippen LogP contribution in [0.1, 0.15) is 38.3 Å². The number of hydrogen-bond acceptors (Lipinski definition) is 2. The lowest BCUT2D eigenvalue weighted by Crippen LogP contribution is -2.27. The smallest absolute Gasteiger partial charge is 0.267 e. The number of hydrogen-bond donors (Lipinski definition) is 1. The largest absolute Gasteiger partial charge is 0.365 e. The predicted molar refractivity (Wildman–Crippen MR) is 65.0 cm³/mol. The standard InChI is InChI=1S/C11H15BrF2N2/c1-6-5-7(12)15-10(8(6)9(13)14)16-11(2,3)4/h5,9H,1-4H3,(H,15,16). The number of nitrogens with one attached hydrogen (secondary N) is 1. The Morgan fingerprint density at radius 2 is 1.94 bits per heavy atom. The summed E-state index contributed by atoms with van der Waals surface area (Å²) in [5, 5.41) is 2.99. The van der Waals surface area contributed by atoms with Crippen molar-refractivity contribution in [2.24, 2.45) is 0 Å². The van der Waals surface area contributed by atoms with Gasteiger partial charge in [0, 0.05) is 5.54 Å². The average molecular weight is 293 g/mol. The van der Waals surface area contributed by atoms with E-state index in [-0.39, 0.29) is 16.9 Å². The summed E-state index contributed by atoms with van der Waals surface area (Å²) in [6.07, 6.45) is -2.52. The van der Waals surface area contributed by atoms with E-state index in [1.54, 1.807) is 13.0 Å². The summed E-state index contributed by atoms with van der Waals surface area (Å²) in [4.78, 5) is 4.07. The van der Waals surface area contributed by atoms with E-state index in [1.165, 1.54) is 0 Å². The molecule has 1 heterocycles. The number of nitrogens with zero attached hydrogens (tertiary/aromatic N) is 1. The molecule has 0 aromatic carbocycles. The maximum absolute atomic E-state index is 12.9. The molecule has 90 valence electrons. The van der Waals surface area contributed by atoms with E-state index >= 15 is 0 Å². The van der Waals surface area contributed by atoms with Crippen LogP contribution in [0.2, 0.25) is 0 Å². The maximum Gasteiger partial charge on any atom is 0.267 e. The SMILES string of the molecule is Cc1cc(Br)nc(NC(C)(C)C)c1C(F)F. The van der Waals surface area contributed by atoms with E-state index in [0.717, 1.165) is 0 Å². The molecule has 1 N–H and O–H groups in total. The molecule has 16 heavy (non-hydrogen) atoms. The Balaban J connectivity index is 3.24. The second-order valence-electron chi connectivity index (χ2n) is 4.70. The molecule has 0 aliphatic heterocycles. The summed E-state index contributed by atoms with van der Waals surface area (Å²) in [6, 6.07) is 1.59. The quantitative estimate of drug-likeness (QED) is 0.822. The van der Waals surface area contributed by atoms with Gasteiger partial charge in [0.25, 0.3) is 6.43 Å². The van der Waals surface area contributed by atoms with Crippen LogP contribution in [0.25, 0.3) is 0 Å².